The lowest BCUT2D eigenvalue weighted by Crippen LogP contribution is -2.25. The smallest absolute Gasteiger partial charge is 0.252 e. The van der Waals surface area contributed by atoms with Crippen molar-refractivity contribution in [2.45, 2.75) is 6.42 Å². The van der Waals surface area contributed by atoms with Crippen molar-refractivity contribution >= 4 is 28.2 Å². The van der Waals surface area contributed by atoms with Gasteiger partial charge in [0.1, 0.15) is 0 Å². The van der Waals surface area contributed by atoms with Gasteiger partial charge in [-0.25, -0.2) is 0 Å². The van der Waals surface area contributed by atoms with Crippen LogP contribution in [0.4, 0.5) is 11.4 Å². The molecule has 0 saturated heterocycles. The van der Waals surface area contributed by atoms with Crippen LogP contribution in [0.15, 0.2) is 79.3 Å². The van der Waals surface area contributed by atoms with E-state index in [1.807, 2.05) is 54.7 Å². The number of rotatable bonds is 6. The summed E-state index contributed by atoms with van der Waals surface area (Å²) in [6.45, 7) is 0.566. The van der Waals surface area contributed by atoms with Crippen molar-refractivity contribution in [2.75, 3.05) is 11.9 Å². The standard InChI is InChI=1S/C22H20N4O/c27-22(24-11-10-16-14-25-21-9-5-4-8-20(16)21)17-12-19(15-23-13-17)26-18-6-2-1-3-7-18/h1-9,12-15,25-26H,10-11H2,(H,24,27). The fourth-order valence-electron chi connectivity index (χ4n) is 3.07. The monoisotopic (exact) mass is 356 g/mol. The number of pyridine rings is 1. The minimum Gasteiger partial charge on any atom is -0.361 e. The number of para-hydroxylation sites is 2. The Kier molecular flexibility index (Phi) is 4.83. The first-order chi connectivity index (χ1) is 13.3. The quantitative estimate of drug-likeness (QED) is 0.483. The molecule has 0 unspecified atom stereocenters. The topological polar surface area (TPSA) is 69.8 Å². The molecule has 0 aliphatic rings. The highest BCUT2D eigenvalue weighted by Gasteiger charge is 2.08. The minimum absolute atomic E-state index is 0.126. The minimum atomic E-state index is -0.126. The summed E-state index contributed by atoms with van der Waals surface area (Å²) in [5.41, 5.74) is 4.59. The van der Waals surface area contributed by atoms with Gasteiger partial charge in [-0.1, -0.05) is 36.4 Å². The van der Waals surface area contributed by atoms with E-state index in [-0.39, 0.29) is 5.91 Å². The first-order valence-electron chi connectivity index (χ1n) is 8.90. The predicted molar refractivity (Wildman–Crippen MR) is 108 cm³/mol. The first kappa shape index (κ1) is 16.8. The van der Waals surface area contributed by atoms with Gasteiger partial charge in [0.05, 0.1) is 17.4 Å². The van der Waals surface area contributed by atoms with Crippen molar-refractivity contribution in [1.82, 2.24) is 15.3 Å². The Morgan fingerprint density at radius 1 is 0.963 bits per heavy atom. The Balaban J connectivity index is 1.37. The third-order valence-electron chi connectivity index (χ3n) is 4.42. The molecule has 134 valence electrons. The number of carbonyl (C=O) groups is 1. The summed E-state index contributed by atoms with van der Waals surface area (Å²) in [7, 11) is 0. The van der Waals surface area contributed by atoms with E-state index in [2.05, 4.69) is 26.7 Å². The molecule has 27 heavy (non-hydrogen) atoms. The number of aromatic nitrogens is 2. The molecule has 3 N–H and O–H groups in total. The van der Waals surface area contributed by atoms with E-state index in [4.69, 9.17) is 0 Å². The second-order valence-corrected chi connectivity index (χ2v) is 6.32. The molecule has 1 amide bonds. The summed E-state index contributed by atoms with van der Waals surface area (Å²) in [5, 5.41) is 7.42. The number of H-pyrrole nitrogens is 1. The van der Waals surface area contributed by atoms with Crippen molar-refractivity contribution in [3.63, 3.8) is 0 Å². The van der Waals surface area contributed by atoms with Crippen molar-refractivity contribution in [2.24, 2.45) is 0 Å². The summed E-state index contributed by atoms with van der Waals surface area (Å²) >= 11 is 0. The van der Waals surface area contributed by atoms with Gasteiger partial charge in [0, 0.05) is 35.5 Å². The molecule has 0 aliphatic heterocycles. The molecule has 2 heterocycles. The second kappa shape index (κ2) is 7.74. The number of amides is 1. The van der Waals surface area contributed by atoms with Gasteiger partial charge in [-0.05, 0) is 36.2 Å². The molecule has 2 aromatic heterocycles. The average Bonchev–Trinajstić information content (AvgIpc) is 3.12. The maximum atomic E-state index is 12.5. The first-order valence-corrected chi connectivity index (χ1v) is 8.90. The van der Waals surface area contributed by atoms with Crippen LogP contribution in [0.1, 0.15) is 15.9 Å². The molecule has 4 rings (SSSR count). The molecule has 0 spiro atoms. The van der Waals surface area contributed by atoms with Crippen molar-refractivity contribution in [1.29, 1.82) is 0 Å². The van der Waals surface area contributed by atoms with E-state index in [9.17, 15) is 4.79 Å². The number of nitrogens with zero attached hydrogens (tertiary/aromatic N) is 1. The number of benzene rings is 2. The maximum absolute atomic E-state index is 12.5. The lowest BCUT2D eigenvalue weighted by Gasteiger charge is -2.08. The molecule has 5 nitrogen and oxygen atoms in total. The second-order valence-electron chi connectivity index (χ2n) is 6.32. The van der Waals surface area contributed by atoms with E-state index < -0.39 is 0 Å². The van der Waals surface area contributed by atoms with Crippen LogP contribution in [-0.2, 0) is 6.42 Å². The molecule has 0 bridgehead atoms. The molecule has 0 fully saturated rings. The zero-order valence-electron chi connectivity index (χ0n) is 14.8. The Morgan fingerprint density at radius 2 is 1.78 bits per heavy atom. The Bertz CT molecular complexity index is 1060. The maximum Gasteiger partial charge on any atom is 0.252 e. The molecule has 0 saturated carbocycles. The highest BCUT2D eigenvalue weighted by Crippen LogP contribution is 2.18. The Hall–Kier alpha value is -3.60. The van der Waals surface area contributed by atoms with Gasteiger partial charge in [0.15, 0.2) is 0 Å². The van der Waals surface area contributed by atoms with Gasteiger partial charge in [0.25, 0.3) is 5.91 Å². The zero-order valence-corrected chi connectivity index (χ0v) is 14.8. The molecule has 2 aromatic carbocycles. The fraction of sp³-hybridized carbons (Fsp3) is 0.0909. The number of fused-ring (bicyclic) bond motifs is 1. The molecule has 4 aromatic rings. The highest BCUT2D eigenvalue weighted by atomic mass is 16.1. The zero-order chi connectivity index (χ0) is 18.5. The van der Waals surface area contributed by atoms with Gasteiger partial charge in [0.2, 0.25) is 0 Å². The van der Waals surface area contributed by atoms with Crippen LogP contribution < -0.4 is 10.6 Å². The Labute approximate surface area is 157 Å². The van der Waals surface area contributed by atoms with E-state index in [1.165, 1.54) is 10.9 Å². The number of nitrogens with one attached hydrogen (secondary N) is 3. The summed E-state index contributed by atoms with van der Waals surface area (Å²) in [4.78, 5) is 19.9. The molecule has 0 aliphatic carbocycles. The normalized spacial score (nSPS) is 10.7. The molecule has 0 radical (unpaired) electrons. The lowest BCUT2D eigenvalue weighted by molar-refractivity contribution is 0.0954. The third-order valence-corrected chi connectivity index (χ3v) is 4.42. The van der Waals surface area contributed by atoms with E-state index in [0.717, 1.165) is 23.3 Å². The van der Waals surface area contributed by atoms with Crippen LogP contribution in [0.25, 0.3) is 10.9 Å². The lowest BCUT2D eigenvalue weighted by atomic mass is 10.1. The van der Waals surface area contributed by atoms with Gasteiger partial charge in [-0.2, -0.15) is 0 Å². The van der Waals surface area contributed by atoms with Crippen LogP contribution in [0.2, 0.25) is 0 Å². The molecular formula is C22H20N4O. The number of aromatic amines is 1. The summed E-state index contributed by atoms with van der Waals surface area (Å²) < 4.78 is 0. The highest BCUT2D eigenvalue weighted by molar-refractivity contribution is 5.95. The predicted octanol–water partition coefficient (Wildman–Crippen LogP) is 4.28. The van der Waals surface area contributed by atoms with Crippen molar-refractivity contribution < 1.29 is 4.79 Å². The van der Waals surface area contributed by atoms with Crippen LogP contribution in [0, 0.1) is 0 Å². The third kappa shape index (κ3) is 3.98. The van der Waals surface area contributed by atoms with Crippen LogP contribution in [0.3, 0.4) is 0 Å². The molecule has 5 heteroatoms. The SMILES string of the molecule is O=C(NCCc1c[nH]c2ccccc12)c1cncc(Nc2ccccc2)c1. The fourth-order valence-corrected chi connectivity index (χ4v) is 3.07. The van der Waals surface area contributed by atoms with Gasteiger partial charge >= 0.3 is 0 Å². The van der Waals surface area contributed by atoms with Gasteiger partial charge in [-0.15, -0.1) is 0 Å². The number of anilines is 2. The van der Waals surface area contributed by atoms with E-state index in [1.54, 1.807) is 18.5 Å². The van der Waals surface area contributed by atoms with Crippen molar-refractivity contribution in [3.05, 3.63) is 90.4 Å². The van der Waals surface area contributed by atoms with Gasteiger partial charge in [-0.3, -0.25) is 9.78 Å². The molecular weight excluding hydrogens is 336 g/mol. The summed E-state index contributed by atoms with van der Waals surface area (Å²) in [5.74, 6) is -0.126. The average molecular weight is 356 g/mol. The molecule has 0 atom stereocenters. The van der Waals surface area contributed by atoms with Crippen molar-refractivity contribution in [3.8, 4) is 0 Å². The summed E-state index contributed by atoms with van der Waals surface area (Å²) in [6.07, 6.45) is 6.06. The van der Waals surface area contributed by atoms with E-state index >= 15 is 0 Å². The van der Waals surface area contributed by atoms with Crippen LogP contribution >= 0.6 is 0 Å². The number of hydrogen-bond donors (Lipinski definition) is 3. The Morgan fingerprint density at radius 3 is 2.67 bits per heavy atom. The largest absolute Gasteiger partial charge is 0.361 e. The number of hydrogen-bond acceptors (Lipinski definition) is 3. The van der Waals surface area contributed by atoms with Crippen LogP contribution in [0.5, 0.6) is 0 Å². The van der Waals surface area contributed by atoms with Gasteiger partial charge < -0.3 is 15.6 Å². The van der Waals surface area contributed by atoms with E-state index in [0.29, 0.717) is 12.1 Å². The number of carbonyl (C=O) groups excluding carboxylic acids is 1. The van der Waals surface area contributed by atoms with Crippen LogP contribution in [-0.4, -0.2) is 22.4 Å². The summed E-state index contributed by atoms with van der Waals surface area (Å²) in [6, 6.07) is 19.8.